The summed E-state index contributed by atoms with van der Waals surface area (Å²) in [6.07, 6.45) is 0.473. The monoisotopic (exact) mass is 291 g/mol. The number of thiophene rings is 1. The maximum atomic E-state index is 10.9. The molecule has 0 bridgehead atoms. The number of carboxylic acid groups (broad SMARTS) is 1. The molecule has 0 aromatic carbocycles. The highest BCUT2D eigenvalue weighted by molar-refractivity contribution is 7.20. The van der Waals surface area contributed by atoms with Gasteiger partial charge in [0.2, 0.25) is 11.7 Å². The molecule has 90 valence electrons. The molecule has 0 fully saturated rings. The highest BCUT2D eigenvalue weighted by atomic mass is 35.5. The van der Waals surface area contributed by atoms with Gasteiger partial charge in [0.1, 0.15) is 4.34 Å². The Bertz CT molecular complexity index is 576. The highest BCUT2D eigenvalue weighted by Crippen LogP contribution is 2.38. The summed E-state index contributed by atoms with van der Waals surface area (Å²) in [7, 11) is 0. The summed E-state index contributed by atoms with van der Waals surface area (Å²) in [5.74, 6) is -1.11. The van der Waals surface area contributed by atoms with Crippen LogP contribution in [0.15, 0.2) is 10.5 Å². The van der Waals surface area contributed by atoms with Gasteiger partial charge in [0.25, 0.3) is 0 Å². The van der Waals surface area contributed by atoms with Crippen molar-refractivity contribution in [2.75, 3.05) is 0 Å². The van der Waals surface area contributed by atoms with Gasteiger partial charge in [0.05, 0.1) is 15.6 Å². The molecule has 4 nitrogen and oxygen atoms in total. The van der Waals surface area contributed by atoms with Crippen LogP contribution >= 0.6 is 34.5 Å². The summed E-state index contributed by atoms with van der Waals surface area (Å²) in [6, 6.07) is 1.60. The van der Waals surface area contributed by atoms with Gasteiger partial charge in [-0.1, -0.05) is 30.1 Å². The van der Waals surface area contributed by atoms with Crippen molar-refractivity contribution in [1.82, 2.24) is 4.98 Å². The Hall–Kier alpha value is -1.04. The van der Waals surface area contributed by atoms with Crippen molar-refractivity contribution in [3.63, 3.8) is 0 Å². The molecule has 0 atom stereocenters. The third-order valence-electron chi connectivity index (χ3n) is 2.11. The first-order valence-electron chi connectivity index (χ1n) is 4.71. The average molecular weight is 292 g/mol. The number of hydrogen-bond acceptors (Lipinski definition) is 4. The molecule has 2 aromatic heterocycles. The van der Waals surface area contributed by atoms with Crippen molar-refractivity contribution in [2.45, 2.75) is 13.3 Å². The zero-order chi connectivity index (χ0) is 12.6. The van der Waals surface area contributed by atoms with Gasteiger partial charge in [-0.05, 0) is 12.5 Å². The lowest BCUT2D eigenvalue weighted by molar-refractivity contribution is 0.0662. The number of rotatable bonds is 3. The van der Waals surface area contributed by atoms with Crippen LogP contribution in [0.3, 0.4) is 0 Å². The summed E-state index contributed by atoms with van der Waals surface area (Å²) in [6.45, 7) is 1.80. The SMILES string of the molecule is CCc1nc(-c2cc(Cl)sc2Cl)oc1C(=O)O. The lowest BCUT2D eigenvalue weighted by Gasteiger charge is -1.89. The van der Waals surface area contributed by atoms with E-state index in [-0.39, 0.29) is 11.7 Å². The molecule has 0 aliphatic heterocycles. The maximum absolute atomic E-state index is 10.9. The molecule has 2 rings (SSSR count). The Labute approximate surface area is 111 Å². The molecule has 0 aliphatic rings. The van der Waals surface area contributed by atoms with Gasteiger partial charge in [-0.25, -0.2) is 9.78 Å². The van der Waals surface area contributed by atoms with Crippen molar-refractivity contribution in [3.05, 3.63) is 26.2 Å². The summed E-state index contributed by atoms with van der Waals surface area (Å²) >= 11 is 12.9. The van der Waals surface area contributed by atoms with Crippen LogP contribution in [0.1, 0.15) is 23.2 Å². The van der Waals surface area contributed by atoms with Gasteiger partial charge < -0.3 is 9.52 Å². The summed E-state index contributed by atoms with van der Waals surface area (Å²) < 4.78 is 6.13. The van der Waals surface area contributed by atoms with E-state index < -0.39 is 5.97 Å². The van der Waals surface area contributed by atoms with Gasteiger partial charge in [0, 0.05) is 0 Å². The van der Waals surface area contributed by atoms with E-state index in [4.69, 9.17) is 32.7 Å². The number of aromatic nitrogens is 1. The number of hydrogen-bond donors (Lipinski definition) is 1. The first-order valence-corrected chi connectivity index (χ1v) is 6.28. The van der Waals surface area contributed by atoms with Crippen LogP contribution < -0.4 is 0 Å². The van der Waals surface area contributed by atoms with Crippen LogP contribution in [-0.2, 0) is 6.42 Å². The Kier molecular flexibility index (Phi) is 3.42. The molecular weight excluding hydrogens is 285 g/mol. The van der Waals surface area contributed by atoms with Gasteiger partial charge in [-0.15, -0.1) is 11.3 Å². The van der Waals surface area contributed by atoms with E-state index in [9.17, 15) is 4.79 Å². The number of aromatic carboxylic acids is 1. The Balaban J connectivity index is 2.53. The van der Waals surface area contributed by atoms with Crippen LogP contribution in [0.25, 0.3) is 11.5 Å². The number of carboxylic acids is 1. The van der Waals surface area contributed by atoms with E-state index in [2.05, 4.69) is 4.98 Å². The van der Waals surface area contributed by atoms with Crippen LogP contribution in [0.2, 0.25) is 8.67 Å². The quantitative estimate of drug-likeness (QED) is 0.929. The standard InChI is InChI=1S/C10H7Cl2NO3S/c1-2-5-7(10(14)15)16-9(13-5)4-3-6(11)17-8(4)12/h3H,2H2,1H3,(H,14,15). The lowest BCUT2D eigenvalue weighted by atomic mass is 10.3. The first-order chi connectivity index (χ1) is 8.02. The van der Waals surface area contributed by atoms with E-state index in [1.807, 2.05) is 0 Å². The van der Waals surface area contributed by atoms with E-state index >= 15 is 0 Å². The average Bonchev–Trinajstić information content (AvgIpc) is 2.81. The zero-order valence-electron chi connectivity index (χ0n) is 8.66. The largest absolute Gasteiger partial charge is 0.475 e. The van der Waals surface area contributed by atoms with Crippen molar-refractivity contribution < 1.29 is 14.3 Å². The third-order valence-corrected chi connectivity index (χ3v) is 3.60. The highest BCUT2D eigenvalue weighted by Gasteiger charge is 2.21. The fourth-order valence-corrected chi connectivity index (χ4v) is 2.81. The fraction of sp³-hybridized carbons (Fsp3) is 0.200. The van der Waals surface area contributed by atoms with Crippen LogP contribution in [0.5, 0.6) is 0 Å². The van der Waals surface area contributed by atoms with Gasteiger partial charge >= 0.3 is 5.97 Å². The first kappa shape index (κ1) is 12.4. The Morgan fingerprint density at radius 3 is 2.71 bits per heavy atom. The van der Waals surface area contributed by atoms with E-state index in [0.717, 1.165) is 0 Å². The molecule has 0 spiro atoms. The molecule has 0 saturated carbocycles. The maximum Gasteiger partial charge on any atom is 0.373 e. The van der Waals surface area contributed by atoms with E-state index in [1.54, 1.807) is 13.0 Å². The minimum atomic E-state index is -1.14. The predicted octanol–water partition coefficient (Wildman–Crippen LogP) is 3.97. The van der Waals surface area contributed by atoms with Gasteiger partial charge in [-0.2, -0.15) is 0 Å². The van der Waals surface area contributed by atoms with Crippen LogP contribution in [-0.4, -0.2) is 16.1 Å². The second kappa shape index (κ2) is 4.68. The van der Waals surface area contributed by atoms with Gasteiger partial charge in [-0.3, -0.25) is 0 Å². The molecule has 0 radical (unpaired) electrons. The molecule has 0 saturated heterocycles. The number of halogens is 2. The predicted molar refractivity (Wildman–Crippen MR) is 66.2 cm³/mol. The molecule has 17 heavy (non-hydrogen) atoms. The fourth-order valence-electron chi connectivity index (χ4n) is 1.36. The third kappa shape index (κ3) is 2.31. The van der Waals surface area contributed by atoms with Crippen LogP contribution in [0.4, 0.5) is 0 Å². The normalized spacial score (nSPS) is 10.8. The molecule has 1 N–H and O–H groups in total. The van der Waals surface area contributed by atoms with Crippen LogP contribution in [0, 0.1) is 0 Å². The molecule has 2 aromatic rings. The molecule has 0 aliphatic carbocycles. The topological polar surface area (TPSA) is 63.3 Å². The van der Waals surface area contributed by atoms with Crippen molar-refractivity contribution in [3.8, 4) is 11.5 Å². The molecule has 0 unspecified atom stereocenters. The van der Waals surface area contributed by atoms with Crippen molar-refractivity contribution in [2.24, 2.45) is 0 Å². The number of oxazole rings is 1. The minimum Gasteiger partial charge on any atom is -0.475 e. The Morgan fingerprint density at radius 2 is 2.29 bits per heavy atom. The van der Waals surface area contributed by atoms with E-state index in [0.29, 0.717) is 26.4 Å². The molecule has 2 heterocycles. The van der Waals surface area contributed by atoms with Crippen molar-refractivity contribution in [1.29, 1.82) is 0 Å². The molecular formula is C10H7Cl2NO3S. The number of aryl methyl sites for hydroxylation is 1. The number of carbonyl (C=O) groups is 1. The van der Waals surface area contributed by atoms with Gasteiger partial charge in [0.15, 0.2) is 0 Å². The summed E-state index contributed by atoms with van der Waals surface area (Å²) in [4.78, 5) is 15.0. The zero-order valence-corrected chi connectivity index (χ0v) is 11.0. The second-order valence-corrected chi connectivity index (χ2v) is 5.48. The lowest BCUT2D eigenvalue weighted by Crippen LogP contribution is -1.98. The molecule has 0 amide bonds. The van der Waals surface area contributed by atoms with Crippen molar-refractivity contribution >= 4 is 40.5 Å². The Morgan fingerprint density at radius 1 is 1.59 bits per heavy atom. The smallest absolute Gasteiger partial charge is 0.373 e. The molecule has 7 heteroatoms. The summed E-state index contributed by atoms with van der Waals surface area (Å²) in [5, 5.41) is 8.94. The number of nitrogens with zero attached hydrogens (tertiary/aromatic N) is 1. The second-order valence-electron chi connectivity index (χ2n) is 3.19. The van der Waals surface area contributed by atoms with E-state index in [1.165, 1.54) is 11.3 Å². The summed E-state index contributed by atoms with van der Waals surface area (Å²) in [5.41, 5.74) is 0.912. The minimum absolute atomic E-state index is 0.152.